The van der Waals surface area contributed by atoms with Gasteiger partial charge in [0.15, 0.2) is 5.69 Å². The van der Waals surface area contributed by atoms with Crippen LogP contribution in [0.4, 0.5) is 0 Å². The van der Waals surface area contributed by atoms with Crippen molar-refractivity contribution in [1.82, 2.24) is 14.9 Å². The van der Waals surface area contributed by atoms with Gasteiger partial charge in [-0.1, -0.05) is 0 Å². The Bertz CT molecular complexity index is 552. The second-order valence-corrected chi connectivity index (χ2v) is 5.68. The molecule has 21 heavy (non-hydrogen) atoms. The molecule has 2 fully saturated rings. The summed E-state index contributed by atoms with van der Waals surface area (Å²) in [7, 11) is 0. The Balaban J connectivity index is 1.69. The van der Waals surface area contributed by atoms with Gasteiger partial charge < -0.3 is 14.7 Å². The number of carboxylic acid groups (broad SMARTS) is 1. The zero-order valence-electron chi connectivity index (χ0n) is 11.6. The normalized spacial score (nSPS) is 20.7. The number of carbonyl (C=O) groups is 2. The zero-order chi connectivity index (χ0) is 14.9. The van der Waals surface area contributed by atoms with Gasteiger partial charge in [0, 0.05) is 26.3 Å². The topological polar surface area (TPSA) is 92.6 Å². The minimum absolute atomic E-state index is 0.158. The van der Waals surface area contributed by atoms with Crippen molar-refractivity contribution in [1.29, 1.82) is 0 Å². The van der Waals surface area contributed by atoms with Gasteiger partial charge in [0.25, 0.3) is 5.91 Å². The Morgan fingerprint density at radius 3 is 2.43 bits per heavy atom. The lowest BCUT2D eigenvalue weighted by atomic mass is 9.80. The lowest BCUT2D eigenvalue weighted by Gasteiger charge is -2.33. The molecular formula is C14H17N3O4. The summed E-state index contributed by atoms with van der Waals surface area (Å²) >= 11 is 0. The van der Waals surface area contributed by atoms with Crippen molar-refractivity contribution in [2.75, 3.05) is 26.3 Å². The third-order valence-corrected chi connectivity index (χ3v) is 4.37. The maximum atomic E-state index is 12.4. The molecule has 3 rings (SSSR count). The van der Waals surface area contributed by atoms with E-state index in [0.29, 0.717) is 6.54 Å². The molecule has 3 heterocycles. The molecule has 2 aliphatic rings. The van der Waals surface area contributed by atoms with E-state index in [1.165, 1.54) is 6.20 Å². The predicted molar refractivity (Wildman–Crippen MR) is 72.0 cm³/mol. The zero-order valence-corrected chi connectivity index (χ0v) is 11.6. The molecule has 2 aliphatic heterocycles. The lowest BCUT2D eigenvalue weighted by molar-refractivity contribution is 0.0190. The van der Waals surface area contributed by atoms with E-state index in [1.54, 1.807) is 4.90 Å². The molecule has 0 saturated carbocycles. The third-order valence-electron chi connectivity index (χ3n) is 4.37. The number of rotatable bonds is 2. The highest BCUT2D eigenvalue weighted by molar-refractivity contribution is 5.93. The smallest absolute Gasteiger partial charge is 0.356 e. The fraction of sp³-hybridized carbons (Fsp3) is 0.571. The van der Waals surface area contributed by atoms with Gasteiger partial charge in [0.2, 0.25) is 0 Å². The van der Waals surface area contributed by atoms with Gasteiger partial charge in [0.05, 0.1) is 12.4 Å². The standard InChI is InChI=1S/C14H17N3O4/c18-12(10-7-16-11(8-15-10)13(19)20)17-4-1-14(9-17)2-5-21-6-3-14/h7-8H,1-6,9H2,(H,19,20). The van der Waals surface area contributed by atoms with E-state index in [2.05, 4.69) is 9.97 Å². The highest BCUT2D eigenvalue weighted by atomic mass is 16.5. The fourth-order valence-electron chi connectivity index (χ4n) is 3.03. The second kappa shape index (κ2) is 5.40. The van der Waals surface area contributed by atoms with Gasteiger partial charge in [-0.2, -0.15) is 0 Å². The van der Waals surface area contributed by atoms with Crippen LogP contribution in [0.25, 0.3) is 0 Å². The molecule has 0 atom stereocenters. The van der Waals surface area contributed by atoms with Crippen molar-refractivity contribution >= 4 is 11.9 Å². The Morgan fingerprint density at radius 1 is 1.14 bits per heavy atom. The molecule has 0 radical (unpaired) electrons. The number of carboxylic acids is 1. The van der Waals surface area contributed by atoms with Crippen LogP contribution in [-0.4, -0.2) is 58.2 Å². The number of aromatic carboxylic acids is 1. The number of hydrogen-bond acceptors (Lipinski definition) is 5. The number of amides is 1. The molecular weight excluding hydrogens is 274 g/mol. The van der Waals surface area contributed by atoms with Crippen LogP contribution in [0.3, 0.4) is 0 Å². The van der Waals surface area contributed by atoms with E-state index in [-0.39, 0.29) is 22.7 Å². The van der Waals surface area contributed by atoms with Gasteiger partial charge in [0.1, 0.15) is 5.69 Å². The van der Waals surface area contributed by atoms with Crippen LogP contribution in [0.1, 0.15) is 40.2 Å². The predicted octanol–water partition coefficient (Wildman–Crippen LogP) is 0.817. The highest BCUT2D eigenvalue weighted by Gasteiger charge is 2.41. The Labute approximate surface area is 121 Å². The Hall–Kier alpha value is -2.02. The average molecular weight is 291 g/mol. The van der Waals surface area contributed by atoms with E-state index in [0.717, 1.165) is 45.2 Å². The molecule has 1 spiro atoms. The summed E-state index contributed by atoms with van der Waals surface area (Å²) in [5.41, 5.74) is 0.223. The number of aromatic nitrogens is 2. The first-order valence-corrected chi connectivity index (χ1v) is 7.02. The summed E-state index contributed by atoms with van der Waals surface area (Å²) in [6.07, 6.45) is 5.32. The monoisotopic (exact) mass is 291 g/mol. The van der Waals surface area contributed by atoms with E-state index in [4.69, 9.17) is 9.84 Å². The van der Waals surface area contributed by atoms with E-state index in [9.17, 15) is 9.59 Å². The minimum Gasteiger partial charge on any atom is -0.476 e. The van der Waals surface area contributed by atoms with Crippen LogP contribution < -0.4 is 0 Å². The van der Waals surface area contributed by atoms with Gasteiger partial charge in [-0.05, 0) is 24.7 Å². The SMILES string of the molecule is O=C(O)c1cnc(C(=O)N2CCC3(CCOCC3)C2)cn1. The van der Waals surface area contributed by atoms with Crippen molar-refractivity contribution in [3.63, 3.8) is 0 Å². The van der Waals surface area contributed by atoms with Crippen molar-refractivity contribution in [3.8, 4) is 0 Å². The van der Waals surface area contributed by atoms with Crippen molar-refractivity contribution in [3.05, 3.63) is 23.8 Å². The average Bonchev–Trinajstić information content (AvgIpc) is 2.91. The summed E-state index contributed by atoms with van der Waals surface area (Å²) in [6, 6.07) is 0. The molecule has 112 valence electrons. The Morgan fingerprint density at radius 2 is 1.81 bits per heavy atom. The first-order chi connectivity index (χ1) is 10.1. The number of likely N-dealkylation sites (tertiary alicyclic amines) is 1. The van der Waals surface area contributed by atoms with Crippen molar-refractivity contribution in [2.24, 2.45) is 5.41 Å². The first-order valence-electron chi connectivity index (χ1n) is 7.02. The van der Waals surface area contributed by atoms with Crippen LogP contribution in [0.2, 0.25) is 0 Å². The van der Waals surface area contributed by atoms with Gasteiger partial charge in [-0.25, -0.2) is 14.8 Å². The maximum Gasteiger partial charge on any atom is 0.356 e. The van der Waals surface area contributed by atoms with Crippen LogP contribution in [0.5, 0.6) is 0 Å². The summed E-state index contributed by atoms with van der Waals surface area (Å²) < 4.78 is 5.39. The molecule has 1 amide bonds. The molecule has 0 aromatic carbocycles. The van der Waals surface area contributed by atoms with Crippen LogP contribution in [0.15, 0.2) is 12.4 Å². The van der Waals surface area contributed by atoms with Crippen LogP contribution >= 0.6 is 0 Å². The number of ether oxygens (including phenoxy) is 1. The largest absolute Gasteiger partial charge is 0.476 e. The number of carbonyl (C=O) groups excluding carboxylic acids is 1. The molecule has 0 bridgehead atoms. The fourth-order valence-corrected chi connectivity index (χ4v) is 3.03. The Kier molecular flexibility index (Phi) is 3.59. The molecule has 1 N–H and O–H groups in total. The van der Waals surface area contributed by atoms with Gasteiger partial charge >= 0.3 is 5.97 Å². The molecule has 7 nitrogen and oxygen atoms in total. The van der Waals surface area contributed by atoms with Gasteiger partial charge in [-0.15, -0.1) is 0 Å². The summed E-state index contributed by atoms with van der Waals surface area (Å²) in [5, 5.41) is 8.78. The summed E-state index contributed by atoms with van der Waals surface area (Å²) in [4.78, 5) is 32.6. The molecule has 1 aromatic rings. The molecule has 2 saturated heterocycles. The minimum atomic E-state index is -1.15. The van der Waals surface area contributed by atoms with E-state index >= 15 is 0 Å². The molecule has 1 aromatic heterocycles. The summed E-state index contributed by atoms with van der Waals surface area (Å²) in [5.74, 6) is -1.33. The molecule has 0 unspecified atom stereocenters. The maximum absolute atomic E-state index is 12.4. The van der Waals surface area contributed by atoms with Crippen LogP contribution in [0, 0.1) is 5.41 Å². The third kappa shape index (κ3) is 2.73. The quantitative estimate of drug-likeness (QED) is 0.867. The van der Waals surface area contributed by atoms with Gasteiger partial charge in [-0.3, -0.25) is 4.79 Å². The number of nitrogens with zero attached hydrogens (tertiary/aromatic N) is 3. The second-order valence-electron chi connectivity index (χ2n) is 5.68. The lowest BCUT2D eigenvalue weighted by Crippen LogP contribution is -2.35. The molecule has 7 heteroatoms. The van der Waals surface area contributed by atoms with E-state index < -0.39 is 5.97 Å². The van der Waals surface area contributed by atoms with Crippen LogP contribution in [-0.2, 0) is 4.74 Å². The molecule has 0 aliphatic carbocycles. The van der Waals surface area contributed by atoms with E-state index in [1.807, 2.05) is 0 Å². The summed E-state index contributed by atoms with van der Waals surface area (Å²) in [6.45, 7) is 2.95. The van der Waals surface area contributed by atoms with Crippen molar-refractivity contribution < 1.29 is 19.4 Å². The number of hydrogen-bond donors (Lipinski definition) is 1. The first kappa shape index (κ1) is 13.9. The van der Waals surface area contributed by atoms with Crippen molar-refractivity contribution in [2.45, 2.75) is 19.3 Å². The highest BCUT2D eigenvalue weighted by Crippen LogP contribution is 2.39.